The molecule has 0 bridgehead atoms. The van der Waals surface area contributed by atoms with Crippen LogP contribution in [0.4, 0.5) is 5.82 Å². The van der Waals surface area contributed by atoms with Crippen LogP contribution >= 0.6 is 0 Å². The van der Waals surface area contributed by atoms with Gasteiger partial charge in [-0.25, -0.2) is 4.98 Å². The average Bonchev–Trinajstić information content (AvgIpc) is 2.43. The number of benzene rings is 1. The lowest BCUT2D eigenvalue weighted by Gasteiger charge is -2.22. The summed E-state index contributed by atoms with van der Waals surface area (Å²) >= 11 is 0. The maximum absolute atomic E-state index is 9.08. The molecule has 0 aliphatic rings. The number of aliphatic hydroxyl groups is 1. The highest BCUT2D eigenvalue weighted by Crippen LogP contribution is 2.22. The standard InChI is InChI=1S/C14H18N4O/c1-2-18(7-8-19)13-9-11(14(15)16)10-5-3-4-6-12(10)17-13/h3-6,9,19H,2,7-8H2,1H3,(H3,15,16). The molecule has 19 heavy (non-hydrogen) atoms. The van der Waals surface area contributed by atoms with Crippen LogP contribution < -0.4 is 10.6 Å². The van der Waals surface area contributed by atoms with Crippen molar-refractivity contribution in [1.82, 2.24) is 4.98 Å². The Morgan fingerprint density at radius 2 is 2.16 bits per heavy atom. The van der Waals surface area contributed by atoms with Gasteiger partial charge in [-0.2, -0.15) is 0 Å². The normalized spacial score (nSPS) is 10.6. The van der Waals surface area contributed by atoms with Crippen LogP contribution in [0, 0.1) is 5.41 Å². The average molecular weight is 258 g/mol. The summed E-state index contributed by atoms with van der Waals surface area (Å²) in [4.78, 5) is 6.53. The number of pyridine rings is 1. The van der Waals surface area contributed by atoms with Crippen molar-refractivity contribution in [2.24, 2.45) is 5.73 Å². The first-order valence-corrected chi connectivity index (χ1v) is 6.27. The SMILES string of the molecule is CCN(CCO)c1cc(C(=N)N)c2ccccc2n1. The summed E-state index contributed by atoms with van der Waals surface area (Å²) in [5, 5.41) is 17.7. The molecule has 2 aromatic rings. The molecule has 0 radical (unpaired) electrons. The molecule has 4 N–H and O–H groups in total. The van der Waals surface area contributed by atoms with Crippen LogP contribution in [0.25, 0.3) is 10.9 Å². The number of nitrogen functional groups attached to an aromatic ring is 1. The second-order valence-electron chi connectivity index (χ2n) is 4.26. The molecule has 0 amide bonds. The summed E-state index contributed by atoms with van der Waals surface area (Å²) in [5.74, 6) is 0.764. The zero-order valence-electron chi connectivity index (χ0n) is 10.9. The highest BCUT2D eigenvalue weighted by molar-refractivity contribution is 6.07. The van der Waals surface area contributed by atoms with E-state index in [4.69, 9.17) is 16.2 Å². The maximum atomic E-state index is 9.08. The monoisotopic (exact) mass is 258 g/mol. The van der Waals surface area contributed by atoms with E-state index in [1.54, 1.807) is 0 Å². The van der Waals surface area contributed by atoms with Gasteiger partial charge in [-0.1, -0.05) is 18.2 Å². The fraction of sp³-hybridized carbons (Fsp3) is 0.286. The second-order valence-corrected chi connectivity index (χ2v) is 4.26. The number of likely N-dealkylation sites (N-methyl/N-ethyl adjacent to an activating group) is 1. The van der Waals surface area contributed by atoms with Crippen LogP contribution in [-0.4, -0.2) is 35.6 Å². The highest BCUT2D eigenvalue weighted by Gasteiger charge is 2.11. The number of amidine groups is 1. The number of fused-ring (bicyclic) bond motifs is 1. The van der Waals surface area contributed by atoms with Crippen LogP contribution in [0.2, 0.25) is 0 Å². The Morgan fingerprint density at radius 1 is 1.42 bits per heavy atom. The van der Waals surface area contributed by atoms with Gasteiger partial charge in [0.15, 0.2) is 0 Å². The first kappa shape index (κ1) is 13.3. The summed E-state index contributed by atoms with van der Waals surface area (Å²) in [7, 11) is 0. The van der Waals surface area contributed by atoms with Crippen molar-refractivity contribution in [3.05, 3.63) is 35.9 Å². The minimum Gasteiger partial charge on any atom is -0.395 e. The molecule has 1 aromatic carbocycles. The minimum atomic E-state index is 0.0277. The molecule has 2 rings (SSSR count). The quantitative estimate of drug-likeness (QED) is 0.558. The van der Waals surface area contributed by atoms with E-state index in [0.717, 1.165) is 23.3 Å². The second kappa shape index (κ2) is 5.67. The zero-order valence-corrected chi connectivity index (χ0v) is 10.9. The molecular formula is C14H18N4O. The van der Waals surface area contributed by atoms with Crippen molar-refractivity contribution in [1.29, 1.82) is 5.41 Å². The van der Waals surface area contributed by atoms with E-state index >= 15 is 0 Å². The molecule has 0 atom stereocenters. The van der Waals surface area contributed by atoms with Crippen molar-refractivity contribution < 1.29 is 5.11 Å². The maximum Gasteiger partial charge on any atom is 0.130 e. The lowest BCUT2D eigenvalue weighted by Crippen LogP contribution is -2.27. The van der Waals surface area contributed by atoms with Crippen molar-refractivity contribution in [3.8, 4) is 0 Å². The number of para-hydroxylation sites is 1. The first-order valence-electron chi connectivity index (χ1n) is 6.27. The third-order valence-corrected chi connectivity index (χ3v) is 3.07. The van der Waals surface area contributed by atoms with Crippen LogP contribution in [0.5, 0.6) is 0 Å². The largest absolute Gasteiger partial charge is 0.395 e. The topological polar surface area (TPSA) is 86.2 Å². The number of rotatable bonds is 5. The van der Waals surface area contributed by atoms with Gasteiger partial charge in [0.25, 0.3) is 0 Å². The van der Waals surface area contributed by atoms with Crippen molar-refractivity contribution in [3.63, 3.8) is 0 Å². The molecule has 0 unspecified atom stereocenters. The fourth-order valence-corrected chi connectivity index (χ4v) is 2.10. The smallest absolute Gasteiger partial charge is 0.130 e. The first-order chi connectivity index (χ1) is 9.17. The lowest BCUT2D eigenvalue weighted by molar-refractivity contribution is 0.302. The van der Waals surface area contributed by atoms with E-state index in [-0.39, 0.29) is 12.4 Å². The summed E-state index contributed by atoms with van der Waals surface area (Å²) < 4.78 is 0. The number of anilines is 1. The summed E-state index contributed by atoms with van der Waals surface area (Å²) in [6.07, 6.45) is 0. The van der Waals surface area contributed by atoms with E-state index in [1.807, 2.05) is 42.2 Å². The molecule has 0 saturated carbocycles. The molecule has 5 nitrogen and oxygen atoms in total. The van der Waals surface area contributed by atoms with E-state index in [2.05, 4.69) is 4.98 Å². The van der Waals surface area contributed by atoms with Crippen LogP contribution in [0.3, 0.4) is 0 Å². The Hall–Kier alpha value is -2.14. The van der Waals surface area contributed by atoms with Crippen LogP contribution in [-0.2, 0) is 0 Å². The Bertz CT molecular complexity index is 597. The summed E-state index contributed by atoms with van der Waals surface area (Å²) in [6.45, 7) is 3.32. The van der Waals surface area contributed by atoms with Gasteiger partial charge in [-0.15, -0.1) is 0 Å². The number of nitrogens with two attached hydrogens (primary N) is 1. The Morgan fingerprint density at radius 3 is 2.79 bits per heavy atom. The number of aromatic nitrogens is 1. The van der Waals surface area contributed by atoms with Gasteiger partial charge in [0.2, 0.25) is 0 Å². The van der Waals surface area contributed by atoms with E-state index in [9.17, 15) is 0 Å². The Labute approximate surface area is 112 Å². The van der Waals surface area contributed by atoms with Crippen LogP contribution in [0.1, 0.15) is 12.5 Å². The predicted octanol–water partition coefficient (Wildman–Crippen LogP) is 1.34. The molecule has 5 heteroatoms. The summed E-state index contributed by atoms with van der Waals surface area (Å²) in [5.41, 5.74) is 7.14. The number of aliphatic hydroxyl groups excluding tert-OH is 1. The molecule has 0 spiro atoms. The number of hydrogen-bond acceptors (Lipinski definition) is 4. The van der Waals surface area contributed by atoms with E-state index in [1.165, 1.54) is 0 Å². The van der Waals surface area contributed by atoms with Crippen molar-refractivity contribution >= 4 is 22.6 Å². The third kappa shape index (κ3) is 2.66. The van der Waals surface area contributed by atoms with Crippen LogP contribution in [0.15, 0.2) is 30.3 Å². The van der Waals surface area contributed by atoms with Crippen molar-refractivity contribution in [2.45, 2.75) is 6.92 Å². The Balaban J connectivity index is 2.60. The van der Waals surface area contributed by atoms with Gasteiger partial charge in [-0.3, -0.25) is 5.41 Å². The molecule has 100 valence electrons. The third-order valence-electron chi connectivity index (χ3n) is 3.07. The molecule has 0 aliphatic heterocycles. The molecular weight excluding hydrogens is 240 g/mol. The number of nitrogens with zero attached hydrogens (tertiary/aromatic N) is 2. The van der Waals surface area contributed by atoms with E-state index < -0.39 is 0 Å². The van der Waals surface area contributed by atoms with Crippen molar-refractivity contribution in [2.75, 3.05) is 24.6 Å². The lowest BCUT2D eigenvalue weighted by atomic mass is 10.1. The van der Waals surface area contributed by atoms with Gasteiger partial charge in [0, 0.05) is 24.0 Å². The van der Waals surface area contributed by atoms with Gasteiger partial charge in [0.1, 0.15) is 11.7 Å². The van der Waals surface area contributed by atoms with Gasteiger partial charge < -0.3 is 15.7 Å². The van der Waals surface area contributed by atoms with Gasteiger partial charge in [-0.05, 0) is 19.1 Å². The Kier molecular flexibility index (Phi) is 3.97. The molecule has 1 aromatic heterocycles. The number of hydrogen-bond donors (Lipinski definition) is 3. The number of nitrogens with one attached hydrogen (secondary N) is 1. The summed E-state index contributed by atoms with van der Waals surface area (Å²) in [6, 6.07) is 9.43. The van der Waals surface area contributed by atoms with Gasteiger partial charge >= 0.3 is 0 Å². The predicted molar refractivity (Wildman–Crippen MR) is 77.7 cm³/mol. The van der Waals surface area contributed by atoms with Gasteiger partial charge in [0.05, 0.1) is 12.1 Å². The molecule has 1 heterocycles. The molecule has 0 aliphatic carbocycles. The molecule has 0 fully saturated rings. The van der Waals surface area contributed by atoms with E-state index in [0.29, 0.717) is 12.1 Å². The minimum absolute atomic E-state index is 0.0277. The zero-order chi connectivity index (χ0) is 13.8. The highest BCUT2D eigenvalue weighted by atomic mass is 16.3. The molecule has 0 saturated heterocycles. The fourth-order valence-electron chi connectivity index (χ4n) is 2.10.